The molecule has 1 heterocycles. The second-order valence-corrected chi connectivity index (χ2v) is 12.2. The molecule has 1 atom stereocenters. The maximum absolute atomic E-state index is 13.6. The molecule has 11 heteroatoms. The molecule has 0 saturated heterocycles. The minimum absolute atomic E-state index is 0.0391. The molecule has 190 valence electrons. The number of rotatable bonds is 8. The number of hydrogen-bond acceptors (Lipinski definition) is 6. The average Bonchev–Trinajstić information content (AvgIpc) is 3.21. The second-order valence-electron chi connectivity index (χ2n) is 9.37. The first-order valence-electron chi connectivity index (χ1n) is 11.0. The van der Waals surface area contributed by atoms with Crippen molar-refractivity contribution in [2.75, 3.05) is 23.9 Å². The quantitative estimate of drug-likeness (QED) is 0.524. The van der Waals surface area contributed by atoms with Crippen molar-refractivity contribution in [3.63, 3.8) is 0 Å². The number of fused-ring (bicyclic) bond motifs is 1. The lowest BCUT2D eigenvalue weighted by atomic mass is 10.1. The SMILES string of the molecule is C[C@H](C(=O)NC(C)(C)C)N(Cc1cccc(Br)c1)C(=O)CN(c1ccc2c(c1)OCO2)S(C)(=O)=O. The number of anilines is 1. The van der Waals surface area contributed by atoms with Crippen LogP contribution in [0.1, 0.15) is 33.3 Å². The van der Waals surface area contributed by atoms with Crippen molar-refractivity contribution in [1.29, 1.82) is 0 Å². The number of carbonyl (C=O) groups excluding carboxylic acids is 2. The lowest BCUT2D eigenvalue weighted by molar-refractivity contribution is -0.140. The van der Waals surface area contributed by atoms with E-state index >= 15 is 0 Å². The number of amides is 2. The van der Waals surface area contributed by atoms with E-state index < -0.39 is 34.1 Å². The van der Waals surface area contributed by atoms with Gasteiger partial charge in [0.2, 0.25) is 28.6 Å². The molecule has 1 aliphatic heterocycles. The van der Waals surface area contributed by atoms with E-state index in [0.29, 0.717) is 11.5 Å². The van der Waals surface area contributed by atoms with Gasteiger partial charge in [-0.15, -0.1) is 0 Å². The van der Waals surface area contributed by atoms with Gasteiger partial charge >= 0.3 is 0 Å². The summed E-state index contributed by atoms with van der Waals surface area (Å²) in [5.74, 6) is 0.0317. The molecule has 0 bridgehead atoms. The Morgan fingerprint density at radius 2 is 1.80 bits per heavy atom. The predicted molar refractivity (Wildman–Crippen MR) is 137 cm³/mol. The Kier molecular flexibility index (Phi) is 8.00. The van der Waals surface area contributed by atoms with E-state index in [1.165, 1.54) is 11.0 Å². The second kappa shape index (κ2) is 10.4. The Morgan fingerprint density at radius 3 is 2.43 bits per heavy atom. The molecule has 0 aromatic heterocycles. The number of sulfonamides is 1. The lowest BCUT2D eigenvalue weighted by Gasteiger charge is -2.33. The van der Waals surface area contributed by atoms with Crippen molar-refractivity contribution in [3.8, 4) is 11.5 Å². The summed E-state index contributed by atoms with van der Waals surface area (Å²) in [7, 11) is -3.84. The smallest absolute Gasteiger partial charge is 0.244 e. The number of ether oxygens (including phenoxy) is 2. The van der Waals surface area contributed by atoms with Gasteiger partial charge in [-0.3, -0.25) is 13.9 Å². The summed E-state index contributed by atoms with van der Waals surface area (Å²) >= 11 is 3.42. The highest BCUT2D eigenvalue weighted by Crippen LogP contribution is 2.36. The monoisotopic (exact) mass is 567 g/mol. The summed E-state index contributed by atoms with van der Waals surface area (Å²) in [6, 6.07) is 11.2. The molecular weight excluding hydrogens is 538 g/mol. The van der Waals surface area contributed by atoms with E-state index in [9.17, 15) is 18.0 Å². The van der Waals surface area contributed by atoms with Gasteiger partial charge in [-0.25, -0.2) is 8.42 Å². The summed E-state index contributed by atoms with van der Waals surface area (Å²) in [5, 5.41) is 2.89. The summed E-state index contributed by atoms with van der Waals surface area (Å²) in [6.07, 6.45) is 1.03. The van der Waals surface area contributed by atoms with Crippen LogP contribution in [0.3, 0.4) is 0 Å². The molecule has 35 heavy (non-hydrogen) atoms. The van der Waals surface area contributed by atoms with Gasteiger partial charge in [0.25, 0.3) is 0 Å². The number of benzene rings is 2. The number of nitrogens with zero attached hydrogens (tertiary/aromatic N) is 2. The van der Waals surface area contributed by atoms with Gasteiger partial charge in [-0.05, 0) is 57.5 Å². The summed E-state index contributed by atoms with van der Waals surface area (Å²) < 4.78 is 37.9. The summed E-state index contributed by atoms with van der Waals surface area (Å²) in [6.45, 7) is 6.85. The van der Waals surface area contributed by atoms with Crippen LogP contribution in [0.2, 0.25) is 0 Å². The number of hydrogen-bond donors (Lipinski definition) is 1. The molecule has 2 aromatic carbocycles. The van der Waals surface area contributed by atoms with Gasteiger partial charge in [-0.2, -0.15) is 0 Å². The Balaban J connectivity index is 1.92. The van der Waals surface area contributed by atoms with Crippen LogP contribution in [-0.2, 0) is 26.2 Å². The Labute approximate surface area is 214 Å². The molecule has 0 radical (unpaired) electrons. The average molecular weight is 568 g/mol. The fourth-order valence-corrected chi connectivity index (χ4v) is 4.83. The Morgan fingerprint density at radius 1 is 1.11 bits per heavy atom. The third-order valence-corrected chi connectivity index (χ3v) is 6.86. The molecule has 0 saturated carbocycles. The Hall–Kier alpha value is -2.79. The first-order chi connectivity index (χ1) is 16.2. The molecule has 0 aliphatic carbocycles. The number of nitrogens with one attached hydrogen (secondary N) is 1. The molecule has 1 N–H and O–H groups in total. The van der Waals surface area contributed by atoms with Crippen LogP contribution >= 0.6 is 15.9 Å². The van der Waals surface area contributed by atoms with Crippen molar-refractivity contribution < 1.29 is 27.5 Å². The predicted octanol–water partition coefficient (Wildman–Crippen LogP) is 3.28. The fourth-order valence-electron chi connectivity index (χ4n) is 3.54. The third kappa shape index (κ3) is 7.11. The minimum Gasteiger partial charge on any atom is -0.454 e. The highest BCUT2D eigenvalue weighted by molar-refractivity contribution is 9.10. The highest BCUT2D eigenvalue weighted by Gasteiger charge is 2.32. The molecule has 2 aromatic rings. The van der Waals surface area contributed by atoms with E-state index in [0.717, 1.165) is 20.6 Å². The molecule has 0 unspecified atom stereocenters. The topological polar surface area (TPSA) is 105 Å². The maximum Gasteiger partial charge on any atom is 0.244 e. The van der Waals surface area contributed by atoms with Crippen molar-refractivity contribution in [2.45, 2.75) is 45.8 Å². The number of carbonyl (C=O) groups is 2. The zero-order valence-electron chi connectivity index (χ0n) is 20.4. The van der Waals surface area contributed by atoms with E-state index in [-0.39, 0.29) is 24.9 Å². The van der Waals surface area contributed by atoms with Crippen molar-refractivity contribution >= 4 is 43.5 Å². The summed E-state index contributed by atoms with van der Waals surface area (Å²) in [5.41, 5.74) is 0.553. The fraction of sp³-hybridized carbons (Fsp3) is 0.417. The van der Waals surface area contributed by atoms with Crippen molar-refractivity contribution in [1.82, 2.24) is 10.2 Å². The van der Waals surface area contributed by atoms with Crippen molar-refractivity contribution in [3.05, 3.63) is 52.5 Å². The van der Waals surface area contributed by atoms with Crippen LogP contribution in [0, 0.1) is 0 Å². The lowest BCUT2D eigenvalue weighted by Crippen LogP contribution is -2.54. The van der Waals surface area contributed by atoms with Gasteiger partial charge in [0.1, 0.15) is 12.6 Å². The molecule has 0 spiro atoms. The zero-order valence-corrected chi connectivity index (χ0v) is 22.8. The normalized spacial score (nSPS) is 13.8. The number of halogens is 1. The van der Waals surface area contributed by atoms with Gasteiger partial charge in [0.15, 0.2) is 11.5 Å². The van der Waals surface area contributed by atoms with Crippen LogP contribution in [0.4, 0.5) is 5.69 Å². The van der Waals surface area contributed by atoms with Crippen LogP contribution < -0.4 is 19.1 Å². The van der Waals surface area contributed by atoms with Crippen LogP contribution in [0.25, 0.3) is 0 Å². The first kappa shape index (κ1) is 26.8. The minimum atomic E-state index is -3.84. The standard InChI is InChI=1S/C24H30BrN3O6S/c1-16(23(30)26-24(2,3)4)27(13-17-7-6-8-18(25)11-17)22(29)14-28(35(5,31)32)19-9-10-20-21(12-19)34-15-33-20/h6-12,16H,13-15H2,1-5H3,(H,26,30)/t16-/m1/s1. The third-order valence-electron chi connectivity index (χ3n) is 5.23. The maximum atomic E-state index is 13.6. The van der Waals surface area contributed by atoms with Gasteiger partial charge in [-0.1, -0.05) is 28.1 Å². The van der Waals surface area contributed by atoms with Crippen LogP contribution in [0.5, 0.6) is 11.5 Å². The van der Waals surface area contributed by atoms with Gasteiger partial charge < -0.3 is 19.7 Å². The molecule has 9 nitrogen and oxygen atoms in total. The molecule has 3 rings (SSSR count). The largest absolute Gasteiger partial charge is 0.454 e. The van der Waals surface area contributed by atoms with Crippen molar-refractivity contribution in [2.24, 2.45) is 0 Å². The van der Waals surface area contributed by atoms with E-state index in [1.54, 1.807) is 19.1 Å². The molecule has 0 fully saturated rings. The molecule has 1 aliphatic rings. The summed E-state index contributed by atoms with van der Waals surface area (Å²) in [4.78, 5) is 27.9. The van der Waals surface area contributed by atoms with Gasteiger partial charge in [0.05, 0.1) is 11.9 Å². The van der Waals surface area contributed by atoms with E-state index in [4.69, 9.17) is 9.47 Å². The Bertz CT molecular complexity index is 1210. The van der Waals surface area contributed by atoms with E-state index in [1.807, 2.05) is 45.0 Å². The molecular formula is C24H30BrN3O6S. The van der Waals surface area contributed by atoms with Crippen LogP contribution in [-0.4, -0.2) is 56.3 Å². The zero-order chi connectivity index (χ0) is 26.0. The van der Waals surface area contributed by atoms with E-state index in [2.05, 4.69) is 21.2 Å². The first-order valence-corrected chi connectivity index (χ1v) is 13.6. The molecule has 2 amide bonds. The van der Waals surface area contributed by atoms with Gasteiger partial charge in [0, 0.05) is 22.6 Å². The highest BCUT2D eigenvalue weighted by atomic mass is 79.9. The van der Waals surface area contributed by atoms with Crippen LogP contribution in [0.15, 0.2) is 46.9 Å².